The summed E-state index contributed by atoms with van der Waals surface area (Å²) in [5.41, 5.74) is 4.36. The lowest BCUT2D eigenvalue weighted by Gasteiger charge is -2.21. The summed E-state index contributed by atoms with van der Waals surface area (Å²) in [5, 5.41) is 25.7. The Hall–Kier alpha value is -3.42. The van der Waals surface area contributed by atoms with Gasteiger partial charge >= 0.3 is 0 Å². The van der Waals surface area contributed by atoms with E-state index in [9.17, 15) is 14.8 Å². The average molecular weight is 482 g/mol. The van der Waals surface area contributed by atoms with Gasteiger partial charge in [0.2, 0.25) is 5.56 Å². The van der Waals surface area contributed by atoms with Crippen molar-refractivity contribution in [1.29, 1.82) is 0 Å². The normalized spacial score (nSPS) is 12.4. The predicted molar refractivity (Wildman–Crippen MR) is 133 cm³/mol. The van der Waals surface area contributed by atoms with Crippen LogP contribution in [0.2, 0.25) is 5.02 Å². The quantitative estimate of drug-likeness (QED) is 0.187. The predicted octanol–water partition coefficient (Wildman–Crippen LogP) is 3.86. The Kier molecular flexibility index (Phi) is 8.62. The van der Waals surface area contributed by atoms with Crippen molar-refractivity contribution in [2.75, 3.05) is 13.2 Å². The number of oxime groups is 1. The smallest absolute Gasteiger partial charge is 0.251 e. The molecule has 8 heteroatoms. The van der Waals surface area contributed by atoms with E-state index in [1.54, 1.807) is 31.4 Å². The van der Waals surface area contributed by atoms with Crippen LogP contribution in [-0.4, -0.2) is 39.7 Å². The molecule has 0 aliphatic carbocycles. The fourth-order valence-electron chi connectivity index (χ4n) is 3.86. The molecule has 3 N–H and O–H groups in total. The first-order chi connectivity index (χ1) is 16.3. The molecule has 178 valence electrons. The van der Waals surface area contributed by atoms with Crippen LogP contribution in [0.1, 0.15) is 51.4 Å². The van der Waals surface area contributed by atoms with Crippen molar-refractivity contribution >= 4 is 23.2 Å². The van der Waals surface area contributed by atoms with Crippen LogP contribution >= 0.6 is 11.6 Å². The van der Waals surface area contributed by atoms with Crippen molar-refractivity contribution in [3.63, 3.8) is 0 Å². The van der Waals surface area contributed by atoms with E-state index in [0.717, 1.165) is 16.7 Å². The van der Waals surface area contributed by atoms with Crippen LogP contribution < -0.4 is 10.9 Å². The number of aliphatic hydroxyl groups excluding tert-OH is 1. The van der Waals surface area contributed by atoms with E-state index in [2.05, 4.69) is 10.5 Å². The molecule has 0 aliphatic rings. The highest BCUT2D eigenvalue weighted by Crippen LogP contribution is 2.33. The third-order valence-electron chi connectivity index (χ3n) is 5.74. The fraction of sp³-hybridized carbons (Fsp3) is 0.269. The lowest BCUT2D eigenvalue weighted by molar-refractivity contribution is 0.0951. The second-order valence-electron chi connectivity index (χ2n) is 8.13. The van der Waals surface area contributed by atoms with Gasteiger partial charge in [-0.1, -0.05) is 35.0 Å². The number of aliphatic hydroxyl groups is 1. The minimum absolute atomic E-state index is 0.0195. The Labute approximate surface area is 203 Å². The highest BCUT2D eigenvalue weighted by molar-refractivity contribution is 6.30. The van der Waals surface area contributed by atoms with Gasteiger partial charge in [-0.2, -0.15) is 0 Å². The summed E-state index contributed by atoms with van der Waals surface area (Å²) in [4.78, 5) is 24.1. The molecule has 2 aromatic carbocycles. The van der Waals surface area contributed by atoms with Gasteiger partial charge in [0.15, 0.2) is 0 Å². The van der Waals surface area contributed by atoms with E-state index in [0.29, 0.717) is 41.2 Å². The summed E-state index contributed by atoms with van der Waals surface area (Å²) >= 11 is 6.18. The van der Waals surface area contributed by atoms with E-state index in [4.69, 9.17) is 16.7 Å². The van der Waals surface area contributed by atoms with E-state index >= 15 is 0 Å². The van der Waals surface area contributed by atoms with Gasteiger partial charge in [-0.05, 0) is 60.4 Å². The molecule has 0 aliphatic heterocycles. The SMILES string of the molecule is Cc1cc(Cl)ccc1C(C/C(=N\O)c1ccc(=O)n(C)c1)c1ccc(C(=O)NCCCO)cc1. The molecule has 1 aromatic heterocycles. The monoisotopic (exact) mass is 481 g/mol. The van der Waals surface area contributed by atoms with Crippen molar-refractivity contribution in [2.24, 2.45) is 12.2 Å². The number of pyridine rings is 1. The molecule has 3 aromatic rings. The summed E-state index contributed by atoms with van der Waals surface area (Å²) < 4.78 is 1.44. The van der Waals surface area contributed by atoms with E-state index in [1.165, 1.54) is 10.6 Å². The first-order valence-electron chi connectivity index (χ1n) is 11.0. The summed E-state index contributed by atoms with van der Waals surface area (Å²) in [6.07, 6.45) is 2.50. The number of carbonyl (C=O) groups is 1. The third-order valence-corrected chi connectivity index (χ3v) is 5.98. The Morgan fingerprint density at radius 1 is 1.12 bits per heavy atom. The second kappa shape index (κ2) is 11.6. The van der Waals surface area contributed by atoms with Crippen LogP contribution in [0.3, 0.4) is 0 Å². The summed E-state index contributed by atoms with van der Waals surface area (Å²) in [7, 11) is 1.64. The van der Waals surface area contributed by atoms with Crippen LogP contribution in [0.5, 0.6) is 0 Å². The number of benzene rings is 2. The van der Waals surface area contributed by atoms with Crippen molar-refractivity contribution in [1.82, 2.24) is 9.88 Å². The zero-order valence-electron chi connectivity index (χ0n) is 19.2. The number of carbonyl (C=O) groups excluding carboxylic acids is 1. The number of halogens is 1. The minimum atomic E-state index is -0.206. The Balaban J connectivity index is 1.96. The number of hydrogen-bond acceptors (Lipinski definition) is 5. The Morgan fingerprint density at radius 3 is 2.44 bits per heavy atom. The van der Waals surface area contributed by atoms with Crippen LogP contribution in [-0.2, 0) is 7.05 Å². The van der Waals surface area contributed by atoms with E-state index < -0.39 is 0 Å². The van der Waals surface area contributed by atoms with Crippen LogP contribution in [0.4, 0.5) is 0 Å². The van der Waals surface area contributed by atoms with Crippen molar-refractivity contribution in [3.05, 3.63) is 104 Å². The molecule has 7 nitrogen and oxygen atoms in total. The Morgan fingerprint density at radius 2 is 1.82 bits per heavy atom. The number of rotatable bonds is 9. The molecule has 1 unspecified atom stereocenters. The van der Waals surface area contributed by atoms with Gasteiger partial charge in [0.1, 0.15) is 0 Å². The van der Waals surface area contributed by atoms with Crippen LogP contribution in [0.25, 0.3) is 0 Å². The van der Waals surface area contributed by atoms with E-state index in [1.807, 2.05) is 37.3 Å². The molecule has 34 heavy (non-hydrogen) atoms. The molecule has 0 fully saturated rings. The van der Waals surface area contributed by atoms with Crippen molar-refractivity contribution in [2.45, 2.75) is 25.7 Å². The van der Waals surface area contributed by atoms with Gasteiger partial charge in [-0.25, -0.2) is 0 Å². The summed E-state index contributed by atoms with van der Waals surface area (Å²) in [6, 6.07) is 16.0. The lowest BCUT2D eigenvalue weighted by Crippen LogP contribution is -2.25. The Bertz CT molecular complexity index is 1240. The fourth-order valence-corrected chi connectivity index (χ4v) is 4.09. The van der Waals surface area contributed by atoms with Crippen molar-refractivity contribution in [3.8, 4) is 0 Å². The number of aryl methyl sites for hydroxylation is 2. The zero-order chi connectivity index (χ0) is 24.7. The number of amides is 1. The first kappa shape index (κ1) is 25.2. The second-order valence-corrected chi connectivity index (χ2v) is 8.56. The number of nitrogens with zero attached hydrogens (tertiary/aromatic N) is 2. The number of hydrogen-bond donors (Lipinski definition) is 3. The lowest BCUT2D eigenvalue weighted by atomic mass is 9.83. The standard InChI is InChI=1S/C26H28ClN3O4/c1-17-14-21(27)9-10-22(17)23(15-24(29-34)20-8-11-25(32)30(2)16-20)18-4-6-19(7-5-18)26(33)28-12-3-13-31/h4-11,14,16,23,31,34H,3,12-13,15H2,1-2H3,(H,28,33)/b29-24+. The largest absolute Gasteiger partial charge is 0.411 e. The molecule has 1 heterocycles. The molecule has 3 rings (SSSR count). The maximum atomic E-state index is 12.3. The molecule has 1 atom stereocenters. The molecule has 1 amide bonds. The highest BCUT2D eigenvalue weighted by Gasteiger charge is 2.21. The summed E-state index contributed by atoms with van der Waals surface area (Å²) in [6.45, 7) is 2.39. The summed E-state index contributed by atoms with van der Waals surface area (Å²) in [5.74, 6) is -0.395. The topological polar surface area (TPSA) is 104 Å². The maximum Gasteiger partial charge on any atom is 0.251 e. The van der Waals surface area contributed by atoms with Gasteiger partial charge in [0.25, 0.3) is 5.91 Å². The maximum absolute atomic E-state index is 12.3. The average Bonchev–Trinajstić information content (AvgIpc) is 2.83. The van der Waals surface area contributed by atoms with Crippen LogP contribution in [0, 0.1) is 6.92 Å². The molecule has 0 radical (unpaired) electrons. The molecule has 0 saturated heterocycles. The number of nitrogens with one attached hydrogen (secondary N) is 1. The van der Waals surface area contributed by atoms with Gasteiger partial charge in [-0.3, -0.25) is 9.59 Å². The molecule has 0 saturated carbocycles. The van der Waals surface area contributed by atoms with Gasteiger partial charge in [0, 0.05) is 61.0 Å². The van der Waals surface area contributed by atoms with E-state index in [-0.39, 0.29) is 24.0 Å². The first-order valence-corrected chi connectivity index (χ1v) is 11.3. The van der Waals surface area contributed by atoms with Gasteiger partial charge in [0.05, 0.1) is 5.71 Å². The minimum Gasteiger partial charge on any atom is -0.411 e. The van der Waals surface area contributed by atoms with Gasteiger partial charge < -0.3 is 20.2 Å². The molecular weight excluding hydrogens is 454 g/mol. The van der Waals surface area contributed by atoms with Gasteiger partial charge in [-0.15, -0.1) is 0 Å². The third kappa shape index (κ3) is 6.12. The highest BCUT2D eigenvalue weighted by atomic mass is 35.5. The number of aromatic nitrogens is 1. The van der Waals surface area contributed by atoms with Crippen molar-refractivity contribution < 1.29 is 15.1 Å². The molecular formula is C26H28ClN3O4. The molecule has 0 bridgehead atoms. The van der Waals surface area contributed by atoms with Crippen LogP contribution in [0.15, 0.2) is 70.7 Å². The molecule has 0 spiro atoms. The zero-order valence-corrected chi connectivity index (χ0v) is 19.9.